The summed E-state index contributed by atoms with van der Waals surface area (Å²) in [4.78, 5) is 22.4. The van der Waals surface area contributed by atoms with Gasteiger partial charge in [0.1, 0.15) is 21.3 Å². The molecule has 1 N–H and O–H groups in total. The number of methoxy groups -OCH3 is 1. The summed E-state index contributed by atoms with van der Waals surface area (Å²) >= 11 is 1.34. The van der Waals surface area contributed by atoms with E-state index in [2.05, 4.69) is 15.3 Å². The predicted molar refractivity (Wildman–Crippen MR) is 87.8 cm³/mol. The first-order valence-corrected chi connectivity index (χ1v) is 7.99. The molecular weight excluding hydrogens is 302 g/mol. The first-order valence-electron chi connectivity index (χ1n) is 7.18. The molecule has 7 heteroatoms. The second-order valence-corrected chi connectivity index (χ2v) is 6.08. The number of anilines is 1. The highest BCUT2D eigenvalue weighted by molar-refractivity contribution is 7.20. The number of aryl methyl sites for hydroxylation is 2. The van der Waals surface area contributed by atoms with Gasteiger partial charge in [-0.25, -0.2) is 14.8 Å². The molecule has 1 atom stereocenters. The van der Waals surface area contributed by atoms with Crippen LogP contribution in [0.4, 0.5) is 5.82 Å². The monoisotopic (exact) mass is 323 g/mol. The van der Waals surface area contributed by atoms with Gasteiger partial charge in [0.15, 0.2) is 0 Å². The van der Waals surface area contributed by atoms with Crippen LogP contribution in [-0.2, 0) is 9.47 Å². The average Bonchev–Trinajstić information content (AvgIpc) is 2.76. The van der Waals surface area contributed by atoms with Crippen LogP contribution < -0.4 is 5.32 Å². The number of ether oxygens (including phenoxy) is 2. The van der Waals surface area contributed by atoms with Crippen molar-refractivity contribution in [3.63, 3.8) is 0 Å². The lowest BCUT2D eigenvalue weighted by molar-refractivity contribution is 0.0531. The van der Waals surface area contributed by atoms with E-state index in [1.54, 1.807) is 14.0 Å². The second kappa shape index (κ2) is 7.02. The summed E-state index contributed by atoms with van der Waals surface area (Å²) in [6.45, 7) is 8.47. The fourth-order valence-corrected chi connectivity index (χ4v) is 3.39. The molecule has 0 saturated heterocycles. The summed E-state index contributed by atoms with van der Waals surface area (Å²) in [5.74, 6) is 1.09. The zero-order valence-corrected chi connectivity index (χ0v) is 14.3. The quantitative estimate of drug-likeness (QED) is 0.824. The molecule has 0 unspecified atom stereocenters. The average molecular weight is 323 g/mol. The summed E-state index contributed by atoms with van der Waals surface area (Å²) in [6, 6.07) is 0.104. The SMILES string of the molecule is CCOC(=O)c1sc2nc(C)nc(N[C@H](C)COC)c2c1C. The molecule has 120 valence electrons. The Balaban J connectivity index is 2.50. The number of hydrogen-bond donors (Lipinski definition) is 1. The van der Waals surface area contributed by atoms with Crippen molar-refractivity contribution in [1.82, 2.24) is 9.97 Å². The van der Waals surface area contributed by atoms with E-state index in [9.17, 15) is 4.79 Å². The zero-order chi connectivity index (χ0) is 16.3. The maximum atomic E-state index is 12.1. The number of carbonyl (C=O) groups is 1. The van der Waals surface area contributed by atoms with Gasteiger partial charge in [0, 0.05) is 13.2 Å². The lowest BCUT2D eigenvalue weighted by atomic mass is 10.2. The summed E-state index contributed by atoms with van der Waals surface area (Å²) in [5, 5.41) is 4.21. The maximum Gasteiger partial charge on any atom is 0.348 e. The van der Waals surface area contributed by atoms with Gasteiger partial charge >= 0.3 is 5.97 Å². The van der Waals surface area contributed by atoms with Crippen LogP contribution in [0.5, 0.6) is 0 Å². The summed E-state index contributed by atoms with van der Waals surface area (Å²) in [5.41, 5.74) is 0.852. The number of rotatable bonds is 6. The number of fused-ring (bicyclic) bond motifs is 1. The normalized spacial score (nSPS) is 12.4. The Bertz CT molecular complexity index is 684. The van der Waals surface area contributed by atoms with E-state index in [4.69, 9.17) is 9.47 Å². The Kier molecular flexibility index (Phi) is 5.31. The molecule has 2 aromatic heterocycles. The lowest BCUT2D eigenvalue weighted by Crippen LogP contribution is -2.22. The number of aromatic nitrogens is 2. The van der Waals surface area contributed by atoms with Crippen LogP contribution in [0, 0.1) is 13.8 Å². The van der Waals surface area contributed by atoms with Crippen LogP contribution in [0.2, 0.25) is 0 Å². The summed E-state index contributed by atoms with van der Waals surface area (Å²) in [6.07, 6.45) is 0. The molecular formula is C15H21N3O3S. The van der Waals surface area contributed by atoms with E-state index >= 15 is 0 Å². The molecule has 0 aromatic carbocycles. The highest BCUT2D eigenvalue weighted by atomic mass is 32.1. The maximum absolute atomic E-state index is 12.1. The van der Waals surface area contributed by atoms with E-state index in [1.807, 2.05) is 20.8 Å². The molecule has 2 rings (SSSR count). The van der Waals surface area contributed by atoms with Gasteiger partial charge in [-0.3, -0.25) is 0 Å². The van der Waals surface area contributed by atoms with Crippen LogP contribution in [0.15, 0.2) is 0 Å². The van der Waals surface area contributed by atoms with E-state index in [0.717, 1.165) is 21.6 Å². The van der Waals surface area contributed by atoms with Crippen LogP contribution >= 0.6 is 11.3 Å². The van der Waals surface area contributed by atoms with Gasteiger partial charge in [-0.2, -0.15) is 0 Å². The Labute approximate surface area is 133 Å². The zero-order valence-electron chi connectivity index (χ0n) is 13.5. The van der Waals surface area contributed by atoms with Crippen molar-refractivity contribution >= 4 is 33.3 Å². The Morgan fingerprint density at radius 1 is 1.36 bits per heavy atom. The molecule has 0 spiro atoms. The van der Waals surface area contributed by atoms with Gasteiger partial charge in [-0.15, -0.1) is 11.3 Å². The van der Waals surface area contributed by atoms with Gasteiger partial charge in [-0.1, -0.05) is 0 Å². The molecule has 2 heterocycles. The summed E-state index contributed by atoms with van der Waals surface area (Å²) in [7, 11) is 1.66. The summed E-state index contributed by atoms with van der Waals surface area (Å²) < 4.78 is 10.3. The first-order chi connectivity index (χ1) is 10.5. The lowest BCUT2D eigenvalue weighted by Gasteiger charge is -2.14. The highest BCUT2D eigenvalue weighted by Crippen LogP contribution is 2.34. The third-order valence-electron chi connectivity index (χ3n) is 3.16. The van der Waals surface area contributed by atoms with Crippen LogP contribution in [0.25, 0.3) is 10.2 Å². The highest BCUT2D eigenvalue weighted by Gasteiger charge is 2.21. The molecule has 6 nitrogen and oxygen atoms in total. The fraction of sp³-hybridized carbons (Fsp3) is 0.533. The Morgan fingerprint density at radius 2 is 2.09 bits per heavy atom. The molecule has 0 aliphatic heterocycles. The first kappa shape index (κ1) is 16.6. The van der Waals surface area contributed by atoms with Crippen LogP contribution in [0.3, 0.4) is 0 Å². The fourth-order valence-electron chi connectivity index (χ4n) is 2.27. The molecule has 0 aliphatic rings. The largest absolute Gasteiger partial charge is 0.462 e. The van der Waals surface area contributed by atoms with Gasteiger partial charge in [0.2, 0.25) is 0 Å². The van der Waals surface area contributed by atoms with Gasteiger partial charge in [0.05, 0.1) is 18.6 Å². The molecule has 0 fully saturated rings. The topological polar surface area (TPSA) is 73.3 Å². The minimum absolute atomic E-state index is 0.104. The van der Waals surface area contributed by atoms with Crippen LogP contribution in [-0.4, -0.2) is 42.3 Å². The molecule has 0 radical (unpaired) electrons. The van der Waals surface area contributed by atoms with E-state index in [1.165, 1.54) is 11.3 Å². The molecule has 0 amide bonds. The molecule has 0 saturated carbocycles. The number of thiophene rings is 1. The van der Waals surface area contributed by atoms with Gasteiger partial charge in [0.25, 0.3) is 0 Å². The second-order valence-electron chi connectivity index (χ2n) is 5.08. The molecule has 0 aliphatic carbocycles. The smallest absolute Gasteiger partial charge is 0.348 e. The van der Waals surface area contributed by atoms with Crippen molar-refractivity contribution in [2.75, 3.05) is 25.6 Å². The van der Waals surface area contributed by atoms with Crippen molar-refractivity contribution in [3.05, 3.63) is 16.3 Å². The van der Waals surface area contributed by atoms with Crippen molar-refractivity contribution in [2.45, 2.75) is 33.7 Å². The van der Waals surface area contributed by atoms with Gasteiger partial charge < -0.3 is 14.8 Å². The standard InChI is InChI=1S/C15H21N3O3S/c1-6-21-15(19)12-9(3)11-13(16-8(2)7-20-5)17-10(4)18-14(11)22-12/h8H,6-7H2,1-5H3,(H,16,17,18)/t8-/m1/s1. The Morgan fingerprint density at radius 3 is 2.73 bits per heavy atom. The number of esters is 1. The van der Waals surface area contributed by atoms with Crippen molar-refractivity contribution in [2.24, 2.45) is 0 Å². The number of carbonyl (C=O) groups excluding carboxylic acids is 1. The molecule has 2 aromatic rings. The number of nitrogens with one attached hydrogen (secondary N) is 1. The minimum Gasteiger partial charge on any atom is -0.462 e. The third kappa shape index (κ3) is 3.36. The molecule has 0 bridgehead atoms. The van der Waals surface area contributed by atoms with E-state index in [0.29, 0.717) is 23.9 Å². The van der Waals surface area contributed by atoms with Crippen molar-refractivity contribution < 1.29 is 14.3 Å². The van der Waals surface area contributed by atoms with Crippen molar-refractivity contribution in [1.29, 1.82) is 0 Å². The number of hydrogen-bond acceptors (Lipinski definition) is 7. The predicted octanol–water partition coefficient (Wildman–Crippen LogP) is 2.93. The number of nitrogens with zero attached hydrogens (tertiary/aromatic N) is 2. The minimum atomic E-state index is -0.309. The van der Waals surface area contributed by atoms with Crippen LogP contribution in [0.1, 0.15) is 34.9 Å². The third-order valence-corrected chi connectivity index (χ3v) is 4.33. The molecule has 22 heavy (non-hydrogen) atoms. The Hall–Kier alpha value is -1.73. The van der Waals surface area contributed by atoms with Crippen molar-refractivity contribution in [3.8, 4) is 0 Å². The van der Waals surface area contributed by atoms with E-state index < -0.39 is 0 Å². The van der Waals surface area contributed by atoms with Gasteiger partial charge in [-0.05, 0) is 33.3 Å². The van der Waals surface area contributed by atoms with E-state index in [-0.39, 0.29) is 12.0 Å².